The number of imide groups is 2. The van der Waals surface area contributed by atoms with Crippen molar-refractivity contribution in [3.8, 4) is 0 Å². The van der Waals surface area contributed by atoms with Gasteiger partial charge in [0.25, 0.3) is 11.8 Å². The van der Waals surface area contributed by atoms with E-state index < -0.39 is 29.7 Å². The Balaban J connectivity index is 2.00. The largest absolute Gasteiger partial charge is 0.398 e. The molecular weight excluding hydrogens is 264 g/mol. The van der Waals surface area contributed by atoms with Gasteiger partial charge in [-0.25, -0.2) is 0 Å². The van der Waals surface area contributed by atoms with Crippen molar-refractivity contribution >= 4 is 29.3 Å². The molecule has 0 aromatic carbocycles. The second kappa shape index (κ2) is 4.12. The molecule has 3 N–H and O–H groups in total. The highest BCUT2D eigenvalue weighted by atomic mass is 16.2. The molecule has 2 aliphatic heterocycles. The summed E-state index contributed by atoms with van der Waals surface area (Å²) in [5.74, 6) is -2.38. The molecule has 1 unspecified atom stereocenters. The van der Waals surface area contributed by atoms with Gasteiger partial charge in [-0.3, -0.25) is 34.4 Å². The number of piperidine rings is 1. The number of carbonyl (C=O) groups excluding carboxylic acids is 4. The van der Waals surface area contributed by atoms with Crippen molar-refractivity contribution in [3.63, 3.8) is 0 Å². The third-order valence-corrected chi connectivity index (χ3v) is 3.36. The normalized spacial score (nSPS) is 22.0. The maximum Gasteiger partial charge on any atom is 0.280 e. The Morgan fingerprint density at radius 3 is 2.65 bits per heavy atom. The summed E-state index contributed by atoms with van der Waals surface area (Å²) >= 11 is 0. The van der Waals surface area contributed by atoms with Gasteiger partial charge in [-0.05, 0) is 12.5 Å². The van der Waals surface area contributed by atoms with E-state index in [1.165, 1.54) is 12.3 Å². The fraction of sp³-hybridized carbons (Fsp3) is 0.250. The Bertz CT molecular complexity index is 669. The van der Waals surface area contributed by atoms with Crippen LogP contribution in [0, 0.1) is 0 Å². The molecule has 4 amide bonds. The van der Waals surface area contributed by atoms with Gasteiger partial charge in [0.05, 0.1) is 5.56 Å². The van der Waals surface area contributed by atoms with Gasteiger partial charge in [-0.2, -0.15) is 0 Å². The number of hydrogen-bond donors (Lipinski definition) is 2. The number of fused-ring (bicyclic) bond motifs is 1. The zero-order valence-corrected chi connectivity index (χ0v) is 10.3. The Labute approximate surface area is 112 Å². The molecule has 2 aliphatic rings. The minimum atomic E-state index is -0.999. The van der Waals surface area contributed by atoms with E-state index in [4.69, 9.17) is 5.73 Å². The van der Waals surface area contributed by atoms with E-state index in [1.807, 2.05) is 0 Å². The molecule has 8 heteroatoms. The summed E-state index contributed by atoms with van der Waals surface area (Å²) in [4.78, 5) is 52.1. The number of amides is 4. The molecule has 8 nitrogen and oxygen atoms in total. The lowest BCUT2D eigenvalue weighted by Crippen LogP contribution is -2.54. The first kappa shape index (κ1) is 12.3. The SMILES string of the molecule is Nc1ccnc2c1C(=O)N(C1CCC(=O)NC1=O)C2=O. The van der Waals surface area contributed by atoms with Crippen LogP contribution < -0.4 is 11.1 Å². The predicted octanol–water partition coefficient (Wildman–Crippen LogP) is -0.935. The van der Waals surface area contributed by atoms with Crippen LogP contribution in [0.25, 0.3) is 0 Å². The number of rotatable bonds is 1. The van der Waals surface area contributed by atoms with Gasteiger partial charge in [-0.1, -0.05) is 0 Å². The van der Waals surface area contributed by atoms with Crippen LogP contribution >= 0.6 is 0 Å². The number of hydrogen-bond acceptors (Lipinski definition) is 6. The fourth-order valence-electron chi connectivity index (χ4n) is 2.40. The fourth-order valence-corrected chi connectivity index (χ4v) is 2.40. The lowest BCUT2D eigenvalue weighted by atomic mass is 10.0. The Kier molecular flexibility index (Phi) is 2.53. The zero-order valence-electron chi connectivity index (χ0n) is 10.3. The van der Waals surface area contributed by atoms with E-state index in [9.17, 15) is 19.2 Å². The molecule has 1 atom stereocenters. The third-order valence-electron chi connectivity index (χ3n) is 3.36. The summed E-state index contributed by atoms with van der Waals surface area (Å²) in [6, 6.07) is 0.416. The first-order valence-corrected chi connectivity index (χ1v) is 5.96. The lowest BCUT2D eigenvalue weighted by molar-refractivity contribution is -0.136. The predicted molar refractivity (Wildman–Crippen MR) is 65.3 cm³/mol. The molecule has 0 aliphatic carbocycles. The van der Waals surface area contributed by atoms with Crippen LogP contribution in [0.2, 0.25) is 0 Å². The van der Waals surface area contributed by atoms with Gasteiger partial charge in [0.1, 0.15) is 11.7 Å². The number of carbonyl (C=O) groups is 4. The second-order valence-corrected chi connectivity index (χ2v) is 4.57. The molecule has 102 valence electrons. The van der Waals surface area contributed by atoms with Crippen LogP contribution in [-0.4, -0.2) is 39.6 Å². The van der Waals surface area contributed by atoms with Crippen LogP contribution in [0.1, 0.15) is 33.7 Å². The van der Waals surface area contributed by atoms with Crippen molar-refractivity contribution in [2.45, 2.75) is 18.9 Å². The van der Waals surface area contributed by atoms with E-state index in [0.29, 0.717) is 0 Å². The molecule has 0 saturated carbocycles. The summed E-state index contributed by atoms with van der Waals surface area (Å²) in [6.45, 7) is 0. The lowest BCUT2D eigenvalue weighted by Gasteiger charge is -2.27. The van der Waals surface area contributed by atoms with Crippen molar-refractivity contribution in [1.82, 2.24) is 15.2 Å². The summed E-state index contributed by atoms with van der Waals surface area (Å²) < 4.78 is 0. The molecule has 0 radical (unpaired) electrons. The van der Waals surface area contributed by atoms with Gasteiger partial charge in [0.2, 0.25) is 11.8 Å². The molecule has 1 fully saturated rings. The van der Waals surface area contributed by atoms with Crippen LogP contribution in [0.4, 0.5) is 5.69 Å². The molecule has 20 heavy (non-hydrogen) atoms. The molecule has 3 heterocycles. The highest BCUT2D eigenvalue weighted by Gasteiger charge is 2.46. The quantitative estimate of drug-likeness (QED) is 0.637. The molecule has 0 bridgehead atoms. The summed E-state index contributed by atoms with van der Waals surface area (Å²) in [6.07, 6.45) is 1.51. The van der Waals surface area contributed by atoms with E-state index >= 15 is 0 Å². The van der Waals surface area contributed by atoms with Crippen molar-refractivity contribution in [2.75, 3.05) is 5.73 Å². The van der Waals surface area contributed by atoms with E-state index in [1.54, 1.807) is 0 Å². The number of anilines is 1. The highest BCUT2D eigenvalue weighted by Crippen LogP contribution is 2.29. The van der Waals surface area contributed by atoms with E-state index in [2.05, 4.69) is 10.3 Å². The molecular formula is C12H10N4O4. The first-order valence-electron chi connectivity index (χ1n) is 5.96. The van der Waals surface area contributed by atoms with Crippen molar-refractivity contribution < 1.29 is 19.2 Å². The van der Waals surface area contributed by atoms with Crippen LogP contribution in [0.5, 0.6) is 0 Å². The van der Waals surface area contributed by atoms with Crippen LogP contribution in [0.3, 0.4) is 0 Å². The number of nitrogen functional groups attached to an aromatic ring is 1. The van der Waals surface area contributed by atoms with Gasteiger partial charge < -0.3 is 5.73 Å². The zero-order chi connectivity index (χ0) is 14.4. The van der Waals surface area contributed by atoms with Gasteiger partial charge >= 0.3 is 0 Å². The maximum atomic E-state index is 12.3. The number of nitrogens with zero attached hydrogens (tertiary/aromatic N) is 2. The van der Waals surface area contributed by atoms with Gasteiger partial charge in [0.15, 0.2) is 0 Å². The summed E-state index contributed by atoms with van der Waals surface area (Å²) in [5.41, 5.74) is 5.78. The molecule has 3 rings (SSSR count). The van der Waals surface area contributed by atoms with E-state index in [-0.39, 0.29) is 29.8 Å². The number of nitrogens with one attached hydrogen (secondary N) is 1. The molecule has 1 aromatic rings. The van der Waals surface area contributed by atoms with Crippen LogP contribution in [-0.2, 0) is 9.59 Å². The topological polar surface area (TPSA) is 122 Å². The number of pyridine rings is 1. The van der Waals surface area contributed by atoms with Gasteiger partial charge in [-0.15, -0.1) is 0 Å². The second-order valence-electron chi connectivity index (χ2n) is 4.57. The summed E-state index contributed by atoms with van der Waals surface area (Å²) in [7, 11) is 0. The third kappa shape index (κ3) is 1.58. The van der Waals surface area contributed by atoms with E-state index in [0.717, 1.165) is 4.90 Å². The average molecular weight is 274 g/mol. The van der Waals surface area contributed by atoms with Crippen LogP contribution in [0.15, 0.2) is 12.3 Å². The average Bonchev–Trinajstić information content (AvgIpc) is 2.64. The standard InChI is InChI=1S/C12H10N4O4/c13-5-3-4-14-9-8(5)11(19)16(12(9)20)6-1-2-7(17)15-10(6)18/h3-4,6H,1-2H2,(H2,13,14)(H,15,17,18). The highest BCUT2D eigenvalue weighted by molar-refractivity contribution is 6.24. The number of aromatic nitrogens is 1. The number of nitrogens with two attached hydrogens (primary N) is 1. The first-order chi connectivity index (χ1) is 9.50. The minimum absolute atomic E-state index is 0.0159. The monoisotopic (exact) mass is 274 g/mol. The maximum absolute atomic E-state index is 12.3. The summed E-state index contributed by atoms with van der Waals surface area (Å²) in [5, 5.41) is 2.11. The smallest absolute Gasteiger partial charge is 0.280 e. The Morgan fingerprint density at radius 1 is 1.25 bits per heavy atom. The van der Waals surface area contributed by atoms with Crippen molar-refractivity contribution in [3.05, 3.63) is 23.5 Å². The Hall–Kier alpha value is -2.77. The molecule has 1 aromatic heterocycles. The van der Waals surface area contributed by atoms with Crippen molar-refractivity contribution in [2.24, 2.45) is 0 Å². The molecule has 0 spiro atoms. The minimum Gasteiger partial charge on any atom is -0.398 e. The Morgan fingerprint density at radius 2 is 2.00 bits per heavy atom. The molecule has 1 saturated heterocycles. The van der Waals surface area contributed by atoms with Gasteiger partial charge in [0, 0.05) is 18.3 Å². The van der Waals surface area contributed by atoms with Crippen molar-refractivity contribution in [1.29, 1.82) is 0 Å².